The van der Waals surface area contributed by atoms with Crippen LogP contribution in [0.5, 0.6) is 5.75 Å². The van der Waals surface area contributed by atoms with Crippen LogP contribution in [0.25, 0.3) is 0 Å². The van der Waals surface area contributed by atoms with Gasteiger partial charge in [-0.2, -0.15) is 0 Å². The lowest BCUT2D eigenvalue weighted by molar-refractivity contribution is -0.148. The van der Waals surface area contributed by atoms with E-state index in [1.165, 1.54) is 12.1 Å². The summed E-state index contributed by atoms with van der Waals surface area (Å²) < 4.78 is 75.2. The van der Waals surface area contributed by atoms with Crippen molar-refractivity contribution in [2.75, 3.05) is 0 Å². The number of carbonyl (C=O) groups is 2. The third kappa shape index (κ3) is 4.56. The molecule has 0 unspecified atom stereocenters. The van der Waals surface area contributed by atoms with Crippen LogP contribution < -0.4 is 4.74 Å². The Kier molecular flexibility index (Phi) is 6.26. The summed E-state index contributed by atoms with van der Waals surface area (Å²) in [7, 11) is 0. The molecule has 2 aromatic carbocycles. The van der Waals surface area contributed by atoms with Crippen molar-refractivity contribution in [3.63, 3.8) is 0 Å². The number of halogens is 5. The summed E-state index contributed by atoms with van der Waals surface area (Å²) in [5.41, 5.74) is -1.28. The van der Waals surface area contributed by atoms with Crippen molar-refractivity contribution in [3.05, 3.63) is 65.0 Å². The molecule has 0 aliphatic carbocycles. The van der Waals surface area contributed by atoms with Gasteiger partial charge in [0.05, 0.1) is 18.4 Å². The lowest BCUT2D eigenvalue weighted by Crippen LogP contribution is -2.14. The second-order valence-electron chi connectivity index (χ2n) is 5.00. The highest BCUT2D eigenvalue weighted by atomic mass is 19.2. The van der Waals surface area contributed by atoms with E-state index in [4.69, 9.17) is 4.74 Å². The van der Waals surface area contributed by atoms with Gasteiger partial charge < -0.3 is 9.47 Å². The van der Waals surface area contributed by atoms with E-state index in [0.717, 1.165) is 0 Å². The lowest BCUT2D eigenvalue weighted by Gasteiger charge is -2.09. The number of carbonyl (C=O) groups excluding carboxylic acids is 2. The predicted molar refractivity (Wildman–Crippen MR) is 77.3 cm³/mol. The number of rotatable bonds is 6. The molecule has 9 heteroatoms. The summed E-state index contributed by atoms with van der Waals surface area (Å²) in [5, 5.41) is 0. The first-order valence-electron chi connectivity index (χ1n) is 7.23. The van der Waals surface area contributed by atoms with Crippen LogP contribution in [0, 0.1) is 29.1 Å². The summed E-state index contributed by atoms with van der Waals surface area (Å²) in [6, 6.07) is 7.98. The standard InChI is InChI=1S/C17H11F5O4/c18-13-10(14(19)16(21)17(22)15(13)20)8-25-11(23)6-7-12(24)26-9-4-2-1-3-5-9/h1-5H,6-8H2. The normalized spacial score (nSPS) is 10.5. The molecule has 0 heterocycles. The van der Waals surface area contributed by atoms with Crippen LogP contribution in [0.3, 0.4) is 0 Å². The first-order chi connectivity index (χ1) is 12.3. The van der Waals surface area contributed by atoms with Crippen LogP contribution >= 0.6 is 0 Å². The molecule has 0 N–H and O–H groups in total. The second kappa shape index (κ2) is 8.41. The largest absolute Gasteiger partial charge is 0.461 e. The van der Waals surface area contributed by atoms with Gasteiger partial charge in [0.15, 0.2) is 23.3 Å². The van der Waals surface area contributed by atoms with Crippen LogP contribution in [0.4, 0.5) is 22.0 Å². The van der Waals surface area contributed by atoms with E-state index in [2.05, 4.69) is 4.74 Å². The Hall–Kier alpha value is -2.97. The first kappa shape index (κ1) is 19.4. The molecule has 138 valence electrons. The van der Waals surface area contributed by atoms with Gasteiger partial charge in [-0.25, -0.2) is 22.0 Å². The fourth-order valence-corrected chi connectivity index (χ4v) is 1.88. The Bertz CT molecular complexity index is 795. The average molecular weight is 374 g/mol. The minimum atomic E-state index is -2.31. The molecule has 0 aliphatic heterocycles. The third-order valence-corrected chi connectivity index (χ3v) is 3.19. The molecular formula is C17H11F5O4. The van der Waals surface area contributed by atoms with E-state index in [-0.39, 0.29) is 5.75 Å². The Balaban J connectivity index is 1.89. The maximum absolute atomic E-state index is 13.4. The monoisotopic (exact) mass is 374 g/mol. The quantitative estimate of drug-likeness (QED) is 0.254. The number of hydrogen-bond donors (Lipinski definition) is 0. The smallest absolute Gasteiger partial charge is 0.311 e. The summed E-state index contributed by atoms with van der Waals surface area (Å²) in [4.78, 5) is 23.0. The highest BCUT2D eigenvalue weighted by Gasteiger charge is 2.26. The molecule has 26 heavy (non-hydrogen) atoms. The third-order valence-electron chi connectivity index (χ3n) is 3.19. The van der Waals surface area contributed by atoms with Gasteiger partial charge in [-0.05, 0) is 12.1 Å². The molecule has 0 spiro atoms. The zero-order valence-corrected chi connectivity index (χ0v) is 13.0. The van der Waals surface area contributed by atoms with Gasteiger partial charge in [-0.1, -0.05) is 18.2 Å². The molecule has 0 amide bonds. The van der Waals surface area contributed by atoms with E-state index in [0.29, 0.717) is 0 Å². The Labute approximate surface area is 144 Å². The number of para-hydroxylation sites is 1. The summed E-state index contributed by atoms with van der Waals surface area (Å²) >= 11 is 0. The van der Waals surface area contributed by atoms with Crippen LogP contribution in [-0.2, 0) is 20.9 Å². The summed E-state index contributed by atoms with van der Waals surface area (Å²) in [6.07, 6.45) is -0.897. The molecule has 0 radical (unpaired) electrons. The molecular weight excluding hydrogens is 363 g/mol. The number of ether oxygens (including phenoxy) is 2. The van der Waals surface area contributed by atoms with Gasteiger partial charge in [0.1, 0.15) is 12.4 Å². The van der Waals surface area contributed by atoms with E-state index >= 15 is 0 Å². The van der Waals surface area contributed by atoms with E-state index in [9.17, 15) is 31.5 Å². The maximum atomic E-state index is 13.4. The Morgan fingerprint density at radius 3 is 1.81 bits per heavy atom. The van der Waals surface area contributed by atoms with Crippen molar-refractivity contribution in [2.24, 2.45) is 0 Å². The fraction of sp³-hybridized carbons (Fsp3) is 0.176. The zero-order chi connectivity index (χ0) is 19.3. The number of hydrogen-bond acceptors (Lipinski definition) is 4. The topological polar surface area (TPSA) is 52.6 Å². The molecule has 2 aromatic rings. The molecule has 0 fully saturated rings. The van der Waals surface area contributed by atoms with Crippen molar-refractivity contribution in [1.82, 2.24) is 0 Å². The van der Waals surface area contributed by atoms with Gasteiger partial charge in [0.2, 0.25) is 5.82 Å². The minimum Gasteiger partial charge on any atom is -0.461 e. The van der Waals surface area contributed by atoms with E-state index < -0.39 is 66.0 Å². The SMILES string of the molecule is O=C(CCC(=O)Oc1ccccc1)OCc1c(F)c(F)c(F)c(F)c1F. The summed E-state index contributed by atoms with van der Waals surface area (Å²) in [6.45, 7) is -1.17. The van der Waals surface area contributed by atoms with Gasteiger partial charge in [0.25, 0.3) is 0 Å². The average Bonchev–Trinajstić information content (AvgIpc) is 2.64. The molecule has 0 saturated heterocycles. The van der Waals surface area contributed by atoms with Crippen LogP contribution in [-0.4, -0.2) is 11.9 Å². The predicted octanol–water partition coefficient (Wildman–Crippen LogP) is 3.81. The molecule has 0 atom stereocenters. The highest BCUT2D eigenvalue weighted by molar-refractivity contribution is 5.79. The van der Waals surface area contributed by atoms with Crippen molar-refractivity contribution in [1.29, 1.82) is 0 Å². The fourth-order valence-electron chi connectivity index (χ4n) is 1.88. The number of benzene rings is 2. The minimum absolute atomic E-state index is 0.257. The summed E-state index contributed by atoms with van der Waals surface area (Å²) in [5.74, 6) is -12.3. The molecule has 0 bridgehead atoms. The van der Waals surface area contributed by atoms with E-state index in [1.54, 1.807) is 18.2 Å². The highest BCUT2D eigenvalue weighted by Crippen LogP contribution is 2.23. The van der Waals surface area contributed by atoms with Crippen LogP contribution in [0.1, 0.15) is 18.4 Å². The Morgan fingerprint density at radius 2 is 1.23 bits per heavy atom. The van der Waals surface area contributed by atoms with Gasteiger partial charge in [-0.3, -0.25) is 9.59 Å². The molecule has 0 saturated carbocycles. The molecule has 0 aliphatic rings. The van der Waals surface area contributed by atoms with Crippen molar-refractivity contribution in [3.8, 4) is 5.75 Å². The van der Waals surface area contributed by atoms with Gasteiger partial charge >= 0.3 is 11.9 Å². The number of esters is 2. The second-order valence-corrected chi connectivity index (χ2v) is 5.00. The van der Waals surface area contributed by atoms with Crippen molar-refractivity contribution < 1.29 is 41.0 Å². The Morgan fingerprint density at radius 1 is 0.731 bits per heavy atom. The lowest BCUT2D eigenvalue weighted by atomic mass is 10.2. The molecule has 0 aromatic heterocycles. The van der Waals surface area contributed by atoms with Gasteiger partial charge in [0, 0.05) is 0 Å². The maximum Gasteiger partial charge on any atom is 0.311 e. The van der Waals surface area contributed by atoms with Gasteiger partial charge in [-0.15, -0.1) is 0 Å². The molecule has 2 rings (SSSR count). The molecule has 4 nitrogen and oxygen atoms in total. The zero-order valence-electron chi connectivity index (χ0n) is 13.0. The van der Waals surface area contributed by atoms with E-state index in [1.807, 2.05) is 0 Å². The van der Waals surface area contributed by atoms with Crippen molar-refractivity contribution in [2.45, 2.75) is 19.4 Å². The van der Waals surface area contributed by atoms with Crippen LogP contribution in [0.2, 0.25) is 0 Å². The van der Waals surface area contributed by atoms with Crippen molar-refractivity contribution >= 4 is 11.9 Å². The first-order valence-corrected chi connectivity index (χ1v) is 7.23. The van der Waals surface area contributed by atoms with Crippen LogP contribution in [0.15, 0.2) is 30.3 Å².